The molecule has 3 heteroatoms. The Hall–Kier alpha value is -0.120. The molecular weight excluding hydrogens is 144 g/mol. The maximum absolute atomic E-state index is 9.17. The number of methoxy groups -OCH3 is 1. The van der Waals surface area contributed by atoms with Crippen molar-refractivity contribution in [1.29, 1.82) is 0 Å². The van der Waals surface area contributed by atoms with Crippen LogP contribution in [0.3, 0.4) is 0 Å². The Morgan fingerprint density at radius 2 is 1.91 bits per heavy atom. The van der Waals surface area contributed by atoms with Crippen LogP contribution in [0.4, 0.5) is 0 Å². The van der Waals surface area contributed by atoms with Crippen LogP contribution in [0.25, 0.3) is 0 Å². The number of aliphatic hydroxyl groups excluding tert-OH is 2. The first-order valence-corrected chi connectivity index (χ1v) is 3.93. The van der Waals surface area contributed by atoms with E-state index in [1.807, 2.05) is 13.8 Å². The van der Waals surface area contributed by atoms with Gasteiger partial charge in [-0.25, -0.2) is 0 Å². The van der Waals surface area contributed by atoms with Gasteiger partial charge in [0.2, 0.25) is 0 Å². The fourth-order valence-corrected chi connectivity index (χ4v) is 1.06. The minimum Gasteiger partial charge on any atom is -0.396 e. The first kappa shape index (κ1) is 10.9. The number of aliphatic hydroxyl groups is 2. The van der Waals surface area contributed by atoms with Crippen molar-refractivity contribution in [1.82, 2.24) is 0 Å². The lowest BCUT2D eigenvalue weighted by molar-refractivity contribution is -0.113. The van der Waals surface area contributed by atoms with E-state index in [1.165, 1.54) is 7.11 Å². The minimum absolute atomic E-state index is 0.0853. The van der Waals surface area contributed by atoms with Gasteiger partial charge < -0.3 is 14.9 Å². The summed E-state index contributed by atoms with van der Waals surface area (Å²) in [6, 6.07) is 0. The van der Waals surface area contributed by atoms with Gasteiger partial charge in [0.15, 0.2) is 6.29 Å². The topological polar surface area (TPSA) is 49.7 Å². The van der Waals surface area contributed by atoms with Crippen LogP contribution in [0.5, 0.6) is 0 Å². The van der Waals surface area contributed by atoms with Gasteiger partial charge in [0.05, 0.1) is 0 Å². The third-order valence-electron chi connectivity index (χ3n) is 1.81. The second kappa shape index (κ2) is 5.52. The first-order valence-electron chi connectivity index (χ1n) is 3.93. The van der Waals surface area contributed by atoms with Gasteiger partial charge in [0, 0.05) is 19.6 Å². The average molecular weight is 162 g/mol. The highest BCUT2D eigenvalue weighted by molar-refractivity contribution is 4.60. The second-order valence-corrected chi connectivity index (χ2v) is 3.13. The summed E-state index contributed by atoms with van der Waals surface area (Å²) in [6.45, 7) is 4.01. The van der Waals surface area contributed by atoms with Crippen LogP contribution in [0, 0.1) is 11.8 Å². The standard InChI is InChI=1S/C8H18O3/c1-6(5-9)4-7(2)8(10)11-3/h6-10H,4-5H2,1-3H3. The summed E-state index contributed by atoms with van der Waals surface area (Å²) in [4.78, 5) is 0. The Kier molecular flexibility index (Phi) is 5.46. The Morgan fingerprint density at radius 1 is 1.36 bits per heavy atom. The highest BCUT2D eigenvalue weighted by atomic mass is 16.6. The van der Waals surface area contributed by atoms with Crippen LogP contribution in [0.15, 0.2) is 0 Å². The van der Waals surface area contributed by atoms with Crippen molar-refractivity contribution < 1.29 is 14.9 Å². The lowest BCUT2D eigenvalue weighted by Gasteiger charge is -2.19. The van der Waals surface area contributed by atoms with E-state index in [0.29, 0.717) is 0 Å². The molecule has 0 aliphatic heterocycles. The van der Waals surface area contributed by atoms with E-state index in [0.717, 1.165) is 6.42 Å². The molecule has 0 bridgehead atoms. The molecule has 3 unspecified atom stereocenters. The quantitative estimate of drug-likeness (QED) is 0.582. The molecule has 0 saturated heterocycles. The molecule has 0 heterocycles. The van der Waals surface area contributed by atoms with Gasteiger partial charge in [-0.1, -0.05) is 13.8 Å². The van der Waals surface area contributed by atoms with E-state index in [-0.39, 0.29) is 18.4 Å². The van der Waals surface area contributed by atoms with Gasteiger partial charge in [-0.2, -0.15) is 0 Å². The maximum atomic E-state index is 9.17. The van der Waals surface area contributed by atoms with Crippen LogP contribution in [0.2, 0.25) is 0 Å². The predicted octanol–water partition coefficient (Wildman–Crippen LogP) is 0.606. The van der Waals surface area contributed by atoms with Gasteiger partial charge >= 0.3 is 0 Å². The molecule has 68 valence electrons. The molecule has 0 radical (unpaired) electrons. The fraction of sp³-hybridized carbons (Fsp3) is 1.00. The number of rotatable bonds is 5. The molecule has 3 nitrogen and oxygen atoms in total. The van der Waals surface area contributed by atoms with E-state index in [1.54, 1.807) is 0 Å². The summed E-state index contributed by atoms with van der Waals surface area (Å²) >= 11 is 0. The highest BCUT2D eigenvalue weighted by Crippen LogP contribution is 2.14. The van der Waals surface area contributed by atoms with Crippen molar-refractivity contribution in [2.24, 2.45) is 11.8 Å². The van der Waals surface area contributed by atoms with Crippen molar-refractivity contribution in [2.45, 2.75) is 26.6 Å². The molecular formula is C8H18O3. The molecule has 11 heavy (non-hydrogen) atoms. The molecule has 0 saturated carbocycles. The average Bonchev–Trinajstić information content (AvgIpc) is 2.02. The number of hydrogen-bond acceptors (Lipinski definition) is 3. The van der Waals surface area contributed by atoms with E-state index in [2.05, 4.69) is 0 Å². The monoisotopic (exact) mass is 162 g/mol. The Balaban J connectivity index is 3.58. The molecule has 0 aromatic carbocycles. The van der Waals surface area contributed by atoms with Crippen LogP contribution >= 0.6 is 0 Å². The Bertz CT molecular complexity index is 95.3. The summed E-state index contributed by atoms with van der Waals surface area (Å²) < 4.78 is 4.73. The van der Waals surface area contributed by atoms with E-state index in [4.69, 9.17) is 14.9 Å². The highest BCUT2D eigenvalue weighted by Gasteiger charge is 2.15. The molecule has 0 rings (SSSR count). The van der Waals surface area contributed by atoms with Gasteiger partial charge in [0.1, 0.15) is 0 Å². The Morgan fingerprint density at radius 3 is 2.27 bits per heavy atom. The first-order chi connectivity index (χ1) is 5.11. The number of hydrogen-bond donors (Lipinski definition) is 2. The maximum Gasteiger partial charge on any atom is 0.156 e. The molecule has 0 aromatic rings. The zero-order valence-electron chi connectivity index (χ0n) is 7.45. The van der Waals surface area contributed by atoms with Crippen molar-refractivity contribution in [3.8, 4) is 0 Å². The van der Waals surface area contributed by atoms with Crippen LogP contribution in [-0.4, -0.2) is 30.2 Å². The molecule has 0 fully saturated rings. The summed E-state index contributed by atoms with van der Waals surface area (Å²) in [5, 5.41) is 17.9. The van der Waals surface area contributed by atoms with E-state index < -0.39 is 6.29 Å². The molecule has 3 atom stereocenters. The Labute approximate surface area is 68.0 Å². The zero-order chi connectivity index (χ0) is 8.85. The minimum atomic E-state index is -0.705. The van der Waals surface area contributed by atoms with Gasteiger partial charge in [-0.05, 0) is 12.3 Å². The SMILES string of the molecule is COC(O)C(C)CC(C)CO. The van der Waals surface area contributed by atoms with E-state index in [9.17, 15) is 0 Å². The summed E-state index contributed by atoms with van der Waals surface area (Å²) in [6.07, 6.45) is 0.0786. The molecule has 2 N–H and O–H groups in total. The summed E-state index contributed by atoms with van der Waals surface area (Å²) in [5.74, 6) is 0.317. The van der Waals surface area contributed by atoms with Crippen molar-refractivity contribution >= 4 is 0 Å². The fourth-order valence-electron chi connectivity index (χ4n) is 1.06. The van der Waals surface area contributed by atoms with Crippen molar-refractivity contribution in [2.75, 3.05) is 13.7 Å². The molecule has 0 aliphatic rings. The van der Waals surface area contributed by atoms with Crippen LogP contribution in [-0.2, 0) is 4.74 Å². The normalized spacial score (nSPS) is 19.4. The molecule has 0 amide bonds. The smallest absolute Gasteiger partial charge is 0.156 e. The third kappa shape index (κ3) is 4.35. The van der Waals surface area contributed by atoms with Gasteiger partial charge in [-0.3, -0.25) is 0 Å². The van der Waals surface area contributed by atoms with E-state index >= 15 is 0 Å². The lowest BCUT2D eigenvalue weighted by atomic mass is 9.98. The molecule has 0 aromatic heterocycles. The molecule has 0 aliphatic carbocycles. The second-order valence-electron chi connectivity index (χ2n) is 3.13. The van der Waals surface area contributed by atoms with Crippen LogP contribution in [0.1, 0.15) is 20.3 Å². The summed E-state index contributed by atoms with van der Waals surface area (Å²) in [5.41, 5.74) is 0. The third-order valence-corrected chi connectivity index (χ3v) is 1.81. The zero-order valence-corrected chi connectivity index (χ0v) is 7.45. The molecule has 0 spiro atoms. The predicted molar refractivity (Wildman–Crippen MR) is 43.0 cm³/mol. The summed E-state index contributed by atoms with van der Waals surface area (Å²) in [7, 11) is 1.48. The van der Waals surface area contributed by atoms with Crippen LogP contribution < -0.4 is 0 Å². The van der Waals surface area contributed by atoms with Crippen molar-refractivity contribution in [3.63, 3.8) is 0 Å². The van der Waals surface area contributed by atoms with Gasteiger partial charge in [0.25, 0.3) is 0 Å². The number of ether oxygens (including phenoxy) is 1. The largest absolute Gasteiger partial charge is 0.396 e. The van der Waals surface area contributed by atoms with Crippen molar-refractivity contribution in [3.05, 3.63) is 0 Å². The lowest BCUT2D eigenvalue weighted by Crippen LogP contribution is -2.22. The van der Waals surface area contributed by atoms with Gasteiger partial charge in [-0.15, -0.1) is 0 Å².